The fourth-order valence-corrected chi connectivity index (χ4v) is 3.12. The van der Waals surface area contributed by atoms with Gasteiger partial charge in [-0.25, -0.2) is 0 Å². The fourth-order valence-electron chi connectivity index (χ4n) is 1.35. The highest BCUT2D eigenvalue weighted by Crippen LogP contribution is 2.11. The van der Waals surface area contributed by atoms with Crippen molar-refractivity contribution >= 4 is 16.8 Å². The number of rotatable bonds is 8. The molecule has 16 heavy (non-hydrogen) atoms. The van der Waals surface area contributed by atoms with Gasteiger partial charge in [0.15, 0.2) is 0 Å². The van der Waals surface area contributed by atoms with E-state index >= 15 is 0 Å². The van der Waals surface area contributed by atoms with Crippen LogP contribution in [0.3, 0.4) is 0 Å². The molecule has 2 unspecified atom stereocenters. The van der Waals surface area contributed by atoms with Crippen LogP contribution in [0.1, 0.15) is 47.0 Å². The van der Waals surface area contributed by atoms with Crippen molar-refractivity contribution in [2.45, 2.75) is 52.2 Å². The first-order valence-electron chi connectivity index (χ1n) is 6.06. The molecule has 0 amide bonds. The van der Waals surface area contributed by atoms with Crippen molar-refractivity contribution in [3.63, 3.8) is 0 Å². The minimum atomic E-state index is -1.08. The molecule has 0 bridgehead atoms. The molecular formula is C12H24O3S. The average molecular weight is 248 g/mol. The van der Waals surface area contributed by atoms with Gasteiger partial charge in [-0.1, -0.05) is 27.2 Å². The Morgan fingerprint density at radius 2 is 1.88 bits per heavy atom. The summed E-state index contributed by atoms with van der Waals surface area (Å²) in [6.45, 7) is 8.32. The van der Waals surface area contributed by atoms with Gasteiger partial charge in [-0.05, 0) is 25.7 Å². The SMILES string of the molecule is CCCC(C(=O)OCC)S(=O)CCC(C)C. The van der Waals surface area contributed by atoms with E-state index < -0.39 is 16.0 Å². The van der Waals surface area contributed by atoms with E-state index in [0.29, 0.717) is 24.7 Å². The zero-order chi connectivity index (χ0) is 12.6. The molecule has 0 aromatic carbocycles. The van der Waals surface area contributed by atoms with Crippen molar-refractivity contribution in [2.75, 3.05) is 12.4 Å². The van der Waals surface area contributed by atoms with Crippen molar-refractivity contribution in [3.05, 3.63) is 0 Å². The molecule has 0 heterocycles. The molecule has 96 valence electrons. The lowest BCUT2D eigenvalue weighted by Gasteiger charge is -2.15. The highest BCUT2D eigenvalue weighted by atomic mass is 32.2. The Morgan fingerprint density at radius 3 is 2.31 bits per heavy atom. The van der Waals surface area contributed by atoms with Crippen molar-refractivity contribution in [1.82, 2.24) is 0 Å². The second-order valence-corrected chi connectivity index (χ2v) is 6.04. The first kappa shape index (κ1) is 15.6. The maximum atomic E-state index is 12.0. The van der Waals surface area contributed by atoms with Crippen LogP contribution in [-0.2, 0) is 20.3 Å². The van der Waals surface area contributed by atoms with E-state index in [1.54, 1.807) is 6.92 Å². The molecule has 0 rings (SSSR count). The molecule has 0 aliphatic rings. The van der Waals surface area contributed by atoms with E-state index in [1.807, 2.05) is 6.92 Å². The normalized spacial score (nSPS) is 14.8. The van der Waals surface area contributed by atoms with Crippen molar-refractivity contribution < 1.29 is 13.7 Å². The van der Waals surface area contributed by atoms with Crippen LogP contribution < -0.4 is 0 Å². The summed E-state index contributed by atoms with van der Waals surface area (Å²) in [7, 11) is -1.08. The van der Waals surface area contributed by atoms with Crippen LogP contribution in [0.15, 0.2) is 0 Å². The maximum absolute atomic E-state index is 12.0. The Labute approximate surface area is 101 Å². The lowest BCUT2D eigenvalue weighted by atomic mass is 10.2. The quantitative estimate of drug-likeness (QED) is 0.620. The van der Waals surface area contributed by atoms with Gasteiger partial charge < -0.3 is 4.74 Å². The second kappa shape index (κ2) is 8.74. The van der Waals surface area contributed by atoms with Crippen molar-refractivity contribution in [1.29, 1.82) is 0 Å². The molecule has 0 aliphatic carbocycles. The molecule has 0 N–H and O–H groups in total. The Balaban J connectivity index is 4.28. The van der Waals surface area contributed by atoms with Gasteiger partial charge in [0.05, 0.1) is 6.61 Å². The van der Waals surface area contributed by atoms with Crippen molar-refractivity contribution in [3.8, 4) is 0 Å². The fraction of sp³-hybridized carbons (Fsp3) is 0.917. The van der Waals surface area contributed by atoms with Crippen LogP contribution in [0.25, 0.3) is 0 Å². The van der Waals surface area contributed by atoms with E-state index in [4.69, 9.17) is 4.74 Å². The van der Waals surface area contributed by atoms with E-state index in [1.165, 1.54) is 0 Å². The van der Waals surface area contributed by atoms with Gasteiger partial charge >= 0.3 is 5.97 Å². The Bertz CT molecular complexity index is 226. The summed E-state index contributed by atoms with van der Waals surface area (Å²) in [4.78, 5) is 11.6. The van der Waals surface area contributed by atoms with Crippen LogP contribution >= 0.6 is 0 Å². The van der Waals surface area contributed by atoms with Gasteiger partial charge in [0.2, 0.25) is 0 Å². The van der Waals surface area contributed by atoms with E-state index in [9.17, 15) is 9.00 Å². The smallest absolute Gasteiger partial charge is 0.321 e. The summed E-state index contributed by atoms with van der Waals surface area (Å²) in [5, 5.41) is -0.427. The molecule has 3 nitrogen and oxygen atoms in total. The molecule has 0 aliphatic heterocycles. The highest BCUT2D eigenvalue weighted by molar-refractivity contribution is 7.86. The van der Waals surface area contributed by atoms with E-state index in [2.05, 4.69) is 13.8 Å². The molecule has 0 fully saturated rings. The Hall–Kier alpha value is -0.380. The number of hydrogen-bond acceptors (Lipinski definition) is 3. The zero-order valence-electron chi connectivity index (χ0n) is 10.8. The third-order valence-electron chi connectivity index (χ3n) is 2.31. The summed E-state index contributed by atoms with van der Waals surface area (Å²) >= 11 is 0. The number of esters is 1. The first-order valence-corrected chi connectivity index (χ1v) is 7.44. The summed E-state index contributed by atoms with van der Waals surface area (Å²) < 4.78 is 16.9. The van der Waals surface area contributed by atoms with E-state index in [-0.39, 0.29) is 5.97 Å². The van der Waals surface area contributed by atoms with Crippen LogP contribution in [0.5, 0.6) is 0 Å². The van der Waals surface area contributed by atoms with Crippen LogP contribution in [0, 0.1) is 5.92 Å². The molecule has 0 aromatic heterocycles. The lowest BCUT2D eigenvalue weighted by Crippen LogP contribution is -2.29. The third kappa shape index (κ3) is 6.26. The van der Waals surface area contributed by atoms with E-state index in [0.717, 1.165) is 12.8 Å². The van der Waals surface area contributed by atoms with Gasteiger partial charge in [0.25, 0.3) is 0 Å². The van der Waals surface area contributed by atoms with Crippen LogP contribution in [0.4, 0.5) is 0 Å². The Kier molecular flexibility index (Phi) is 8.53. The minimum Gasteiger partial charge on any atom is -0.465 e. The summed E-state index contributed by atoms with van der Waals surface area (Å²) in [6.07, 6.45) is 2.41. The first-order chi connectivity index (χ1) is 7.52. The molecule has 0 spiro atoms. The minimum absolute atomic E-state index is 0.300. The van der Waals surface area contributed by atoms with Gasteiger partial charge in [-0.15, -0.1) is 0 Å². The predicted molar refractivity (Wildman–Crippen MR) is 67.8 cm³/mol. The Morgan fingerprint density at radius 1 is 1.25 bits per heavy atom. The standard InChI is InChI=1S/C12H24O3S/c1-5-7-11(12(13)15-6-2)16(14)9-8-10(3)4/h10-11H,5-9H2,1-4H3. The van der Waals surface area contributed by atoms with Crippen molar-refractivity contribution in [2.24, 2.45) is 5.92 Å². The average Bonchev–Trinajstić information content (AvgIpc) is 2.22. The predicted octanol–water partition coefficient (Wildman–Crippen LogP) is 2.51. The largest absolute Gasteiger partial charge is 0.465 e. The second-order valence-electron chi connectivity index (χ2n) is 4.30. The number of ether oxygens (including phenoxy) is 1. The van der Waals surface area contributed by atoms with Gasteiger partial charge in [-0.3, -0.25) is 9.00 Å². The summed E-state index contributed by atoms with van der Waals surface area (Å²) in [5.41, 5.74) is 0. The highest BCUT2D eigenvalue weighted by Gasteiger charge is 2.25. The monoisotopic (exact) mass is 248 g/mol. The van der Waals surface area contributed by atoms with Crippen LogP contribution in [-0.4, -0.2) is 27.8 Å². The molecule has 4 heteroatoms. The molecular weight excluding hydrogens is 224 g/mol. The number of carbonyl (C=O) groups excluding carboxylic acids is 1. The molecule has 0 saturated heterocycles. The lowest BCUT2D eigenvalue weighted by molar-refractivity contribution is -0.142. The molecule has 0 saturated carbocycles. The summed E-state index contributed by atoms with van der Waals surface area (Å²) in [5.74, 6) is 0.820. The van der Waals surface area contributed by atoms with Gasteiger partial charge in [0.1, 0.15) is 5.25 Å². The zero-order valence-corrected chi connectivity index (χ0v) is 11.6. The maximum Gasteiger partial charge on any atom is 0.321 e. The molecule has 0 radical (unpaired) electrons. The number of carbonyl (C=O) groups is 1. The van der Waals surface area contributed by atoms with Crippen LogP contribution in [0.2, 0.25) is 0 Å². The van der Waals surface area contributed by atoms with Gasteiger partial charge in [0, 0.05) is 16.6 Å². The summed E-state index contributed by atoms with van der Waals surface area (Å²) in [6, 6.07) is 0. The molecule has 2 atom stereocenters. The third-order valence-corrected chi connectivity index (χ3v) is 4.01. The topological polar surface area (TPSA) is 43.4 Å². The molecule has 0 aromatic rings. The number of hydrogen-bond donors (Lipinski definition) is 0. The van der Waals surface area contributed by atoms with Gasteiger partial charge in [-0.2, -0.15) is 0 Å².